The summed E-state index contributed by atoms with van der Waals surface area (Å²) in [6, 6.07) is 17.9. The van der Waals surface area contributed by atoms with E-state index in [0.29, 0.717) is 43.4 Å². The minimum absolute atomic E-state index is 0.223. The number of fused-ring (bicyclic) bond motifs is 2. The fourth-order valence-corrected chi connectivity index (χ4v) is 7.61. The van der Waals surface area contributed by atoms with Gasteiger partial charge in [-0.2, -0.15) is 16.1 Å². The van der Waals surface area contributed by atoms with Crippen LogP contribution in [0.4, 0.5) is 0 Å². The maximum absolute atomic E-state index is 13.4. The van der Waals surface area contributed by atoms with Gasteiger partial charge in [0.05, 0.1) is 10.5 Å². The number of benzene rings is 3. The highest BCUT2D eigenvalue weighted by atomic mass is 32.2. The number of H-pyrrole nitrogens is 1. The Bertz CT molecular complexity index is 1650. The second kappa shape index (κ2) is 11.2. The molecule has 1 aromatic heterocycles. The van der Waals surface area contributed by atoms with Crippen molar-refractivity contribution in [2.75, 3.05) is 37.8 Å². The van der Waals surface area contributed by atoms with Gasteiger partial charge in [-0.15, -0.1) is 0 Å². The fraction of sp³-hybridized carbons (Fsp3) is 0.276. The van der Waals surface area contributed by atoms with Crippen molar-refractivity contribution in [1.29, 1.82) is 0 Å². The van der Waals surface area contributed by atoms with Gasteiger partial charge in [-0.05, 0) is 47.0 Å². The predicted molar refractivity (Wildman–Crippen MR) is 154 cm³/mol. The smallest absolute Gasteiger partial charge is 0.257 e. The van der Waals surface area contributed by atoms with Gasteiger partial charge in [0.25, 0.3) is 5.91 Å². The Labute approximate surface area is 236 Å². The van der Waals surface area contributed by atoms with E-state index in [2.05, 4.69) is 10.3 Å². The number of rotatable bonds is 7. The predicted octanol–water partition coefficient (Wildman–Crippen LogP) is 3.63. The molecule has 0 bridgehead atoms. The van der Waals surface area contributed by atoms with Crippen LogP contribution in [0.25, 0.3) is 22.0 Å². The van der Waals surface area contributed by atoms with Crippen LogP contribution in [-0.4, -0.2) is 72.8 Å². The minimum Gasteiger partial charge on any atom is -0.486 e. The number of aliphatic hydroxyl groups excluding tert-OH is 1. The molecule has 4 aromatic rings. The van der Waals surface area contributed by atoms with Crippen LogP contribution in [0.5, 0.6) is 11.5 Å². The van der Waals surface area contributed by atoms with E-state index in [1.54, 1.807) is 48.2 Å². The second-order valence-corrected chi connectivity index (χ2v) is 12.8. The molecule has 1 fully saturated rings. The number of nitrogens with zero attached hydrogens (tertiary/aromatic N) is 1. The van der Waals surface area contributed by atoms with E-state index in [4.69, 9.17) is 9.47 Å². The van der Waals surface area contributed by atoms with Crippen molar-refractivity contribution in [2.24, 2.45) is 0 Å². The number of para-hydroxylation sites is 1. The molecule has 0 saturated carbocycles. The molecule has 2 aliphatic heterocycles. The second-order valence-electron chi connectivity index (χ2n) is 9.64. The van der Waals surface area contributed by atoms with Crippen molar-refractivity contribution in [3.8, 4) is 22.6 Å². The Morgan fingerprint density at radius 1 is 1.02 bits per heavy atom. The summed E-state index contributed by atoms with van der Waals surface area (Å²) in [5, 5.41) is 14.4. The van der Waals surface area contributed by atoms with Crippen LogP contribution in [0.2, 0.25) is 0 Å². The van der Waals surface area contributed by atoms with Crippen molar-refractivity contribution >= 4 is 38.6 Å². The van der Waals surface area contributed by atoms with Gasteiger partial charge in [0.2, 0.25) is 10.0 Å². The summed E-state index contributed by atoms with van der Waals surface area (Å²) < 4.78 is 39.2. The topological polar surface area (TPSA) is 121 Å². The number of aromatic nitrogens is 1. The number of ether oxygens (including phenoxy) is 2. The molecule has 40 heavy (non-hydrogen) atoms. The first-order valence-corrected chi connectivity index (χ1v) is 15.7. The number of carbonyl (C=O) groups excluding carboxylic acids is 1. The van der Waals surface area contributed by atoms with Crippen molar-refractivity contribution < 1.29 is 27.8 Å². The first-order valence-electron chi connectivity index (χ1n) is 13.1. The van der Waals surface area contributed by atoms with Crippen LogP contribution in [0.15, 0.2) is 71.8 Å². The summed E-state index contributed by atoms with van der Waals surface area (Å²) in [5.41, 5.74) is 3.46. The Hall–Kier alpha value is -3.51. The quantitative estimate of drug-likeness (QED) is 0.286. The van der Waals surface area contributed by atoms with Gasteiger partial charge >= 0.3 is 0 Å². The number of sulfonamides is 1. The molecule has 3 heterocycles. The zero-order chi connectivity index (χ0) is 27.7. The molecule has 1 amide bonds. The van der Waals surface area contributed by atoms with Gasteiger partial charge < -0.3 is 24.9 Å². The number of hydrogen-bond acceptors (Lipinski definition) is 7. The molecule has 3 N–H and O–H groups in total. The Kier molecular flexibility index (Phi) is 7.45. The molecule has 3 aromatic carbocycles. The molecule has 1 atom stereocenters. The standard InChI is InChI=1S/C29H29N3O6S2/c33-27(17-21-18-30-25-4-2-1-3-23(21)25)31-29(34)24-15-20(16-26-28(24)38-12-11-37-26)19-5-7-22(8-6-19)40(35,36)32-9-13-39-14-10-32/h1-8,15-16,18,27,30,33H,9-14,17H2,(H,31,34)/t27-/m1/s1. The summed E-state index contributed by atoms with van der Waals surface area (Å²) in [4.78, 5) is 16.8. The Morgan fingerprint density at radius 2 is 1.77 bits per heavy atom. The number of aliphatic hydroxyl groups is 1. The zero-order valence-electron chi connectivity index (χ0n) is 21.6. The maximum atomic E-state index is 13.4. The molecule has 0 radical (unpaired) electrons. The van der Waals surface area contributed by atoms with Crippen LogP contribution >= 0.6 is 11.8 Å². The van der Waals surface area contributed by atoms with E-state index in [9.17, 15) is 18.3 Å². The fourth-order valence-electron chi connectivity index (χ4n) is 5.03. The monoisotopic (exact) mass is 579 g/mol. The zero-order valence-corrected chi connectivity index (χ0v) is 23.3. The third-order valence-electron chi connectivity index (χ3n) is 7.07. The lowest BCUT2D eigenvalue weighted by molar-refractivity contribution is 0.0777. The van der Waals surface area contributed by atoms with Gasteiger partial charge in [-0.3, -0.25) is 4.79 Å². The molecule has 11 heteroatoms. The highest BCUT2D eigenvalue weighted by Crippen LogP contribution is 2.39. The highest BCUT2D eigenvalue weighted by molar-refractivity contribution is 7.99. The van der Waals surface area contributed by atoms with Crippen molar-refractivity contribution in [3.63, 3.8) is 0 Å². The van der Waals surface area contributed by atoms with E-state index < -0.39 is 22.2 Å². The molecule has 0 unspecified atom stereocenters. The molecule has 208 valence electrons. The number of hydrogen-bond donors (Lipinski definition) is 3. The van der Waals surface area contributed by atoms with Gasteiger partial charge in [0, 0.05) is 48.1 Å². The molecule has 9 nitrogen and oxygen atoms in total. The largest absolute Gasteiger partial charge is 0.486 e. The molecule has 1 saturated heterocycles. The number of amides is 1. The molecular weight excluding hydrogens is 550 g/mol. The van der Waals surface area contributed by atoms with Crippen LogP contribution in [0.1, 0.15) is 15.9 Å². The summed E-state index contributed by atoms with van der Waals surface area (Å²) in [5.74, 6) is 1.81. The Morgan fingerprint density at radius 3 is 2.58 bits per heavy atom. The lowest BCUT2D eigenvalue weighted by Gasteiger charge is -2.25. The maximum Gasteiger partial charge on any atom is 0.257 e. The van der Waals surface area contributed by atoms with Gasteiger partial charge in [-0.25, -0.2) is 8.42 Å². The van der Waals surface area contributed by atoms with Gasteiger partial charge in [0.1, 0.15) is 19.4 Å². The first kappa shape index (κ1) is 26.7. The van der Waals surface area contributed by atoms with E-state index in [1.807, 2.05) is 30.5 Å². The summed E-state index contributed by atoms with van der Waals surface area (Å²) in [7, 11) is -3.56. The normalized spacial score (nSPS) is 16.5. The SMILES string of the molecule is O=C(N[C@H](O)Cc1c[nH]c2ccccc12)c1cc(-c2ccc(S(=O)(=O)N3CCSCC3)cc2)cc2c1OCCO2. The summed E-state index contributed by atoms with van der Waals surface area (Å²) in [6.45, 7) is 1.64. The molecule has 6 rings (SSSR count). The van der Waals surface area contributed by atoms with Crippen molar-refractivity contribution in [3.05, 3.63) is 78.0 Å². The summed E-state index contributed by atoms with van der Waals surface area (Å²) in [6.07, 6.45) is 0.919. The third-order valence-corrected chi connectivity index (χ3v) is 9.92. The molecule has 0 aliphatic carbocycles. The molecule has 0 spiro atoms. The number of nitrogens with one attached hydrogen (secondary N) is 2. The Balaban J connectivity index is 1.25. The van der Waals surface area contributed by atoms with Gasteiger partial charge in [0.15, 0.2) is 11.5 Å². The molecular formula is C29H29N3O6S2. The number of aromatic amines is 1. The third kappa shape index (κ3) is 5.29. The van der Waals surface area contributed by atoms with E-state index in [0.717, 1.165) is 33.5 Å². The van der Waals surface area contributed by atoms with Crippen molar-refractivity contribution in [1.82, 2.24) is 14.6 Å². The average Bonchev–Trinajstić information content (AvgIpc) is 3.39. The average molecular weight is 580 g/mol. The first-order chi connectivity index (χ1) is 19.4. The highest BCUT2D eigenvalue weighted by Gasteiger charge is 2.27. The van der Waals surface area contributed by atoms with Crippen LogP contribution in [-0.2, 0) is 16.4 Å². The van der Waals surface area contributed by atoms with Crippen molar-refractivity contribution in [2.45, 2.75) is 17.5 Å². The molecule has 2 aliphatic rings. The van der Waals surface area contributed by atoms with Crippen LogP contribution < -0.4 is 14.8 Å². The number of carbonyl (C=O) groups is 1. The summed E-state index contributed by atoms with van der Waals surface area (Å²) >= 11 is 1.75. The number of thioether (sulfide) groups is 1. The van der Waals surface area contributed by atoms with Crippen LogP contribution in [0.3, 0.4) is 0 Å². The van der Waals surface area contributed by atoms with E-state index >= 15 is 0 Å². The van der Waals surface area contributed by atoms with Crippen LogP contribution in [0, 0.1) is 0 Å². The van der Waals surface area contributed by atoms with E-state index in [-0.39, 0.29) is 16.9 Å². The van der Waals surface area contributed by atoms with E-state index in [1.165, 1.54) is 4.31 Å². The lowest BCUT2D eigenvalue weighted by Crippen LogP contribution is -2.37. The minimum atomic E-state index is -3.56. The lowest BCUT2D eigenvalue weighted by atomic mass is 10.0. The van der Waals surface area contributed by atoms with Gasteiger partial charge in [-0.1, -0.05) is 30.3 Å².